The second kappa shape index (κ2) is 4.22. The molecule has 2 N–H and O–H groups in total. The second-order valence-corrected chi connectivity index (χ2v) is 4.30. The van der Waals surface area contributed by atoms with Crippen molar-refractivity contribution in [2.24, 2.45) is 0 Å². The van der Waals surface area contributed by atoms with Crippen molar-refractivity contribution in [1.82, 2.24) is 5.16 Å². The molecule has 4 nitrogen and oxygen atoms in total. The largest absolute Gasteiger partial charge is 0.381 e. The van der Waals surface area contributed by atoms with Crippen LogP contribution in [0.3, 0.4) is 0 Å². The van der Waals surface area contributed by atoms with Crippen molar-refractivity contribution >= 4 is 5.82 Å². The van der Waals surface area contributed by atoms with Gasteiger partial charge in [0.2, 0.25) is 0 Å². The van der Waals surface area contributed by atoms with Crippen molar-refractivity contribution in [2.75, 3.05) is 18.9 Å². The van der Waals surface area contributed by atoms with Crippen LogP contribution in [0.2, 0.25) is 0 Å². The van der Waals surface area contributed by atoms with Crippen molar-refractivity contribution in [2.45, 2.75) is 12.3 Å². The van der Waals surface area contributed by atoms with E-state index >= 15 is 0 Å². The van der Waals surface area contributed by atoms with Crippen molar-refractivity contribution < 1.29 is 9.26 Å². The number of ether oxygens (including phenoxy) is 1. The summed E-state index contributed by atoms with van der Waals surface area (Å²) in [4.78, 5) is 0. The van der Waals surface area contributed by atoms with Crippen molar-refractivity contribution in [3.63, 3.8) is 0 Å². The molecule has 0 bridgehead atoms. The Morgan fingerprint density at radius 2 is 2.06 bits per heavy atom. The molecule has 0 saturated carbocycles. The third-order valence-corrected chi connectivity index (χ3v) is 3.12. The average Bonchev–Trinajstić information content (AvgIpc) is 3.00. The Hall–Kier alpha value is -1.81. The van der Waals surface area contributed by atoms with Gasteiger partial charge in [-0.15, -0.1) is 0 Å². The summed E-state index contributed by atoms with van der Waals surface area (Å²) in [6.45, 7) is 1.69. The zero-order valence-electron chi connectivity index (χ0n) is 9.43. The van der Waals surface area contributed by atoms with E-state index in [1.54, 1.807) is 6.07 Å². The van der Waals surface area contributed by atoms with Gasteiger partial charge in [0.15, 0.2) is 11.6 Å². The van der Waals surface area contributed by atoms with E-state index in [0.29, 0.717) is 17.5 Å². The smallest absolute Gasteiger partial charge is 0.169 e. The third kappa shape index (κ3) is 2.03. The summed E-state index contributed by atoms with van der Waals surface area (Å²) in [5.41, 5.74) is 7.84. The van der Waals surface area contributed by atoms with Gasteiger partial charge in [-0.2, -0.15) is 0 Å². The molecule has 0 aliphatic carbocycles. The summed E-state index contributed by atoms with van der Waals surface area (Å²) in [5.74, 6) is 1.65. The number of benzene rings is 1. The molecule has 1 aromatic carbocycles. The van der Waals surface area contributed by atoms with Gasteiger partial charge in [-0.25, -0.2) is 0 Å². The molecule has 2 aromatic rings. The molecule has 2 heterocycles. The zero-order valence-corrected chi connectivity index (χ0v) is 9.43. The monoisotopic (exact) mass is 230 g/mol. The normalized spacial score (nSPS) is 19.6. The fourth-order valence-corrected chi connectivity index (χ4v) is 2.14. The first-order chi connectivity index (χ1) is 8.33. The van der Waals surface area contributed by atoms with Gasteiger partial charge in [-0.1, -0.05) is 29.4 Å². The van der Waals surface area contributed by atoms with Crippen molar-refractivity contribution in [3.05, 3.63) is 35.9 Å². The lowest BCUT2D eigenvalue weighted by Gasteiger charge is -2.07. The molecular weight excluding hydrogens is 216 g/mol. The van der Waals surface area contributed by atoms with Gasteiger partial charge in [0.25, 0.3) is 0 Å². The fourth-order valence-electron chi connectivity index (χ4n) is 2.14. The Bertz CT molecular complexity index is 498. The highest BCUT2D eigenvalue weighted by atomic mass is 16.5. The highest BCUT2D eigenvalue weighted by Gasteiger charge is 2.17. The summed E-state index contributed by atoms with van der Waals surface area (Å²) >= 11 is 0. The second-order valence-electron chi connectivity index (χ2n) is 4.30. The zero-order chi connectivity index (χ0) is 11.7. The molecule has 1 fully saturated rings. The van der Waals surface area contributed by atoms with Crippen LogP contribution < -0.4 is 5.73 Å². The Balaban J connectivity index is 1.84. The number of anilines is 1. The number of hydrogen-bond donors (Lipinski definition) is 1. The average molecular weight is 230 g/mol. The molecule has 1 unspecified atom stereocenters. The first-order valence-electron chi connectivity index (χ1n) is 5.73. The summed E-state index contributed by atoms with van der Waals surface area (Å²) in [6.07, 6.45) is 1.11. The maximum Gasteiger partial charge on any atom is 0.169 e. The maximum absolute atomic E-state index is 5.52. The van der Waals surface area contributed by atoms with E-state index in [2.05, 4.69) is 17.3 Å². The lowest BCUT2D eigenvalue weighted by molar-refractivity contribution is 0.194. The minimum absolute atomic E-state index is 0.410. The molecule has 1 atom stereocenters. The Kier molecular flexibility index (Phi) is 2.57. The van der Waals surface area contributed by atoms with Gasteiger partial charge in [0.1, 0.15) is 0 Å². The molecule has 3 rings (SSSR count). The molecule has 0 radical (unpaired) electrons. The molecular formula is C13H14N2O2. The molecule has 1 aliphatic heterocycles. The molecule has 0 amide bonds. The van der Waals surface area contributed by atoms with E-state index in [0.717, 1.165) is 25.2 Å². The van der Waals surface area contributed by atoms with E-state index in [1.165, 1.54) is 5.56 Å². The van der Waals surface area contributed by atoms with Crippen molar-refractivity contribution in [3.8, 4) is 11.3 Å². The van der Waals surface area contributed by atoms with E-state index in [4.69, 9.17) is 15.0 Å². The molecule has 17 heavy (non-hydrogen) atoms. The van der Waals surface area contributed by atoms with Crippen LogP contribution >= 0.6 is 0 Å². The summed E-state index contributed by atoms with van der Waals surface area (Å²) in [6, 6.07) is 10.0. The highest BCUT2D eigenvalue weighted by molar-refractivity contribution is 5.60. The standard InChI is InChI=1S/C13H14N2O2/c14-13-7-12(17-15-13)10-3-1-9(2-4-10)11-5-6-16-8-11/h1-4,7,11H,5-6,8H2,(H2,14,15). The van der Waals surface area contributed by atoms with Gasteiger partial charge in [0.05, 0.1) is 6.61 Å². The van der Waals surface area contributed by atoms with Crippen molar-refractivity contribution in [1.29, 1.82) is 0 Å². The maximum atomic E-state index is 5.52. The Morgan fingerprint density at radius 3 is 2.65 bits per heavy atom. The topological polar surface area (TPSA) is 61.3 Å². The van der Waals surface area contributed by atoms with Gasteiger partial charge in [0, 0.05) is 24.2 Å². The fraction of sp³-hybridized carbons (Fsp3) is 0.308. The number of hydrogen-bond acceptors (Lipinski definition) is 4. The number of rotatable bonds is 2. The Labute approximate surface area is 99.4 Å². The molecule has 1 saturated heterocycles. The van der Waals surface area contributed by atoms with Gasteiger partial charge in [-0.05, 0) is 12.0 Å². The van der Waals surface area contributed by atoms with Crippen LogP contribution in [-0.4, -0.2) is 18.4 Å². The van der Waals surface area contributed by atoms with Gasteiger partial charge >= 0.3 is 0 Å². The molecule has 4 heteroatoms. The van der Waals surface area contributed by atoms with E-state index in [-0.39, 0.29) is 0 Å². The summed E-state index contributed by atoms with van der Waals surface area (Å²) in [5, 5.41) is 3.68. The molecule has 0 spiro atoms. The van der Waals surface area contributed by atoms with Crippen LogP contribution in [0.4, 0.5) is 5.82 Å². The first-order valence-corrected chi connectivity index (χ1v) is 5.73. The minimum Gasteiger partial charge on any atom is -0.381 e. The van der Waals surface area contributed by atoms with Crippen LogP contribution in [-0.2, 0) is 4.74 Å². The van der Waals surface area contributed by atoms with E-state index < -0.39 is 0 Å². The summed E-state index contributed by atoms with van der Waals surface area (Å²) in [7, 11) is 0. The molecule has 1 aliphatic rings. The van der Waals surface area contributed by atoms with Crippen LogP contribution in [0.5, 0.6) is 0 Å². The van der Waals surface area contributed by atoms with E-state index in [1.807, 2.05) is 12.1 Å². The van der Waals surface area contributed by atoms with Gasteiger partial charge < -0.3 is 15.0 Å². The Morgan fingerprint density at radius 1 is 1.24 bits per heavy atom. The summed E-state index contributed by atoms with van der Waals surface area (Å²) < 4.78 is 10.5. The SMILES string of the molecule is Nc1cc(-c2ccc(C3CCOC3)cc2)on1. The number of nitrogen functional groups attached to an aromatic ring is 1. The van der Waals surface area contributed by atoms with Crippen LogP contribution in [0.1, 0.15) is 17.9 Å². The number of nitrogens with two attached hydrogens (primary N) is 1. The lowest BCUT2D eigenvalue weighted by Crippen LogP contribution is -1.96. The lowest BCUT2D eigenvalue weighted by atomic mass is 9.97. The predicted molar refractivity (Wildman–Crippen MR) is 64.5 cm³/mol. The molecule has 1 aromatic heterocycles. The molecule has 88 valence electrons. The van der Waals surface area contributed by atoms with Crippen LogP contribution in [0.15, 0.2) is 34.9 Å². The number of aromatic nitrogens is 1. The minimum atomic E-state index is 0.410. The van der Waals surface area contributed by atoms with Crippen LogP contribution in [0, 0.1) is 0 Å². The van der Waals surface area contributed by atoms with E-state index in [9.17, 15) is 0 Å². The third-order valence-electron chi connectivity index (χ3n) is 3.12. The van der Waals surface area contributed by atoms with Gasteiger partial charge in [-0.3, -0.25) is 0 Å². The predicted octanol–water partition coefficient (Wildman–Crippen LogP) is 2.43. The first kappa shape index (κ1) is 10.4. The number of nitrogens with zero attached hydrogens (tertiary/aromatic N) is 1. The highest BCUT2D eigenvalue weighted by Crippen LogP contribution is 2.28. The van der Waals surface area contributed by atoms with Crippen LogP contribution in [0.25, 0.3) is 11.3 Å². The quantitative estimate of drug-likeness (QED) is 0.860.